The average molecular weight is 369 g/mol. The molecule has 0 unspecified atom stereocenters. The number of halogens is 1. The highest BCUT2D eigenvalue weighted by molar-refractivity contribution is 6.30. The molecule has 3 rings (SSSR count). The minimum atomic E-state index is -0.469. The molecule has 1 aromatic heterocycles. The van der Waals surface area contributed by atoms with Crippen LogP contribution in [0.5, 0.6) is 5.75 Å². The van der Waals surface area contributed by atoms with Crippen LogP contribution in [0.15, 0.2) is 54.7 Å². The van der Waals surface area contributed by atoms with Crippen molar-refractivity contribution in [3.05, 3.63) is 70.9 Å². The number of fused-ring (bicyclic) bond motifs is 1. The van der Waals surface area contributed by atoms with E-state index in [1.807, 2.05) is 43.3 Å². The van der Waals surface area contributed by atoms with Gasteiger partial charge in [0.1, 0.15) is 11.3 Å². The number of unbranched alkanes of at least 4 members (excludes halogenated alkanes) is 1. The lowest BCUT2D eigenvalue weighted by Gasteiger charge is -2.21. The van der Waals surface area contributed by atoms with Gasteiger partial charge >= 0.3 is 0 Å². The van der Waals surface area contributed by atoms with Crippen molar-refractivity contribution >= 4 is 28.4 Å². The van der Waals surface area contributed by atoms with Crippen molar-refractivity contribution in [2.24, 2.45) is 0 Å². The number of benzene rings is 2. The Morgan fingerprint density at radius 1 is 1.19 bits per heavy atom. The maximum atomic E-state index is 12.4. The van der Waals surface area contributed by atoms with E-state index < -0.39 is 6.04 Å². The van der Waals surface area contributed by atoms with Gasteiger partial charge in [0.25, 0.3) is 0 Å². The predicted octanol–water partition coefficient (Wildman–Crippen LogP) is 4.99. The zero-order valence-corrected chi connectivity index (χ0v) is 15.3. The number of hydrogen-bond acceptors (Lipinski definition) is 3. The van der Waals surface area contributed by atoms with Crippen molar-refractivity contribution in [1.82, 2.24) is 10.3 Å². The predicted molar refractivity (Wildman–Crippen MR) is 104 cm³/mol. The first-order valence-electron chi connectivity index (χ1n) is 8.71. The molecule has 3 aromatic rings. The standard InChI is InChI=1S/C21H21ClN2O2/c1-2-3-6-18(25)24-19(15-7-10-16(22)11-8-15)17-12-9-14-5-4-13-23-20(14)21(17)26/h4-5,7-13,19,26H,2-3,6H2,1H3,(H,24,25)/t19-/m0/s1. The summed E-state index contributed by atoms with van der Waals surface area (Å²) < 4.78 is 0. The highest BCUT2D eigenvalue weighted by Gasteiger charge is 2.21. The van der Waals surface area contributed by atoms with Gasteiger partial charge in [-0.1, -0.05) is 55.3 Å². The van der Waals surface area contributed by atoms with Gasteiger partial charge in [-0.15, -0.1) is 0 Å². The Morgan fingerprint density at radius 2 is 1.96 bits per heavy atom. The quantitative estimate of drug-likeness (QED) is 0.644. The maximum absolute atomic E-state index is 12.4. The molecule has 2 aromatic carbocycles. The van der Waals surface area contributed by atoms with E-state index in [1.54, 1.807) is 18.3 Å². The van der Waals surface area contributed by atoms with Gasteiger partial charge in [-0.3, -0.25) is 9.78 Å². The monoisotopic (exact) mass is 368 g/mol. The Hall–Kier alpha value is -2.59. The van der Waals surface area contributed by atoms with Crippen molar-refractivity contribution in [1.29, 1.82) is 0 Å². The number of hydrogen-bond donors (Lipinski definition) is 2. The third kappa shape index (κ3) is 3.97. The van der Waals surface area contributed by atoms with Gasteiger partial charge in [-0.25, -0.2) is 0 Å². The first kappa shape index (κ1) is 18.2. The van der Waals surface area contributed by atoms with Gasteiger partial charge in [0.15, 0.2) is 0 Å². The number of pyridine rings is 1. The molecule has 26 heavy (non-hydrogen) atoms. The summed E-state index contributed by atoms with van der Waals surface area (Å²) in [5.74, 6) is 0.0335. The molecular formula is C21H21ClN2O2. The Balaban J connectivity index is 2.03. The molecule has 1 atom stereocenters. The molecule has 0 fully saturated rings. The molecule has 0 bridgehead atoms. The van der Waals surface area contributed by atoms with Crippen LogP contribution in [-0.4, -0.2) is 16.0 Å². The van der Waals surface area contributed by atoms with E-state index in [4.69, 9.17) is 11.6 Å². The molecule has 0 saturated heterocycles. The third-order valence-electron chi connectivity index (χ3n) is 4.36. The molecule has 1 amide bonds. The zero-order chi connectivity index (χ0) is 18.5. The number of amides is 1. The topological polar surface area (TPSA) is 62.2 Å². The zero-order valence-electron chi connectivity index (χ0n) is 14.6. The summed E-state index contributed by atoms with van der Waals surface area (Å²) in [7, 11) is 0. The maximum Gasteiger partial charge on any atom is 0.220 e. The van der Waals surface area contributed by atoms with Crippen molar-refractivity contribution in [3.63, 3.8) is 0 Å². The van der Waals surface area contributed by atoms with Crippen molar-refractivity contribution < 1.29 is 9.90 Å². The summed E-state index contributed by atoms with van der Waals surface area (Å²) in [6, 6.07) is 14.2. The van der Waals surface area contributed by atoms with Gasteiger partial charge in [-0.05, 0) is 30.2 Å². The van der Waals surface area contributed by atoms with Crippen LogP contribution in [-0.2, 0) is 4.79 Å². The van der Waals surface area contributed by atoms with Crippen molar-refractivity contribution in [2.75, 3.05) is 0 Å². The SMILES string of the molecule is CCCCC(=O)N[C@@H](c1ccc(Cl)cc1)c1ccc2cccnc2c1O. The fourth-order valence-corrected chi connectivity index (χ4v) is 3.07. The molecular weight excluding hydrogens is 348 g/mol. The summed E-state index contributed by atoms with van der Waals surface area (Å²) in [6.07, 6.45) is 3.87. The molecule has 0 aliphatic heterocycles. The van der Waals surface area contributed by atoms with Crippen molar-refractivity contribution in [3.8, 4) is 5.75 Å². The van der Waals surface area contributed by atoms with Crippen LogP contribution < -0.4 is 5.32 Å². The molecule has 4 nitrogen and oxygen atoms in total. The Morgan fingerprint density at radius 3 is 2.69 bits per heavy atom. The lowest BCUT2D eigenvalue weighted by molar-refractivity contribution is -0.121. The summed E-state index contributed by atoms with van der Waals surface area (Å²) in [5.41, 5.74) is 1.99. The largest absolute Gasteiger partial charge is 0.505 e. The van der Waals surface area contributed by atoms with Crippen LogP contribution in [0.4, 0.5) is 0 Å². The Bertz CT molecular complexity index is 910. The van der Waals surface area contributed by atoms with Crippen LogP contribution >= 0.6 is 11.6 Å². The number of aromatic hydroxyl groups is 1. The fourth-order valence-electron chi connectivity index (χ4n) is 2.94. The van der Waals surface area contributed by atoms with E-state index in [9.17, 15) is 9.90 Å². The number of nitrogens with one attached hydrogen (secondary N) is 1. The summed E-state index contributed by atoms with van der Waals surface area (Å²) in [5, 5.41) is 15.3. The van der Waals surface area contributed by atoms with Gasteiger partial charge in [0, 0.05) is 28.6 Å². The normalized spacial score (nSPS) is 12.1. The molecule has 1 heterocycles. The number of carbonyl (C=O) groups is 1. The minimum Gasteiger partial charge on any atom is -0.505 e. The van der Waals surface area contributed by atoms with E-state index in [0.717, 1.165) is 23.8 Å². The smallest absolute Gasteiger partial charge is 0.220 e. The lowest BCUT2D eigenvalue weighted by atomic mass is 9.96. The molecule has 0 saturated carbocycles. The first-order valence-corrected chi connectivity index (χ1v) is 9.09. The number of phenolic OH excluding ortho intramolecular Hbond substituents is 1. The highest BCUT2D eigenvalue weighted by Crippen LogP contribution is 2.34. The molecule has 134 valence electrons. The molecule has 0 aliphatic rings. The number of carbonyl (C=O) groups excluding carboxylic acids is 1. The van der Waals surface area contributed by atoms with Gasteiger partial charge in [0.2, 0.25) is 5.91 Å². The van der Waals surface area contributed by atoms with Gasteiger partial charge in [-0.2, -0.15) is 0 Å². The van der Waals surface area contributed by atoms with E-state index in [2.05, 4.69) is 10.3 Å². The molecule has 2 N–H and O–H groups in total. The van der Waals surface area contributed by atoms with Crippen LogP contribution in [0.1, 0.15) is 43.4 Å². The first-order chi connectivity index (χ1) is 12.6. The number of nitrogens with zero attached hydrogens (tertiary/aromatic N) is 1. The van der Waals surface area contributed by atoms with E-state index >= 15 is 0 Å². The van der Waals surface area contributed by atoms with Crippen LogP contribution in [0.25, 0.3) is 10.9 Å². The Kier molecular flexibility index (Phi) is 5.74. The third-order valence-corrected chi connectivity index (χ3v) is 4.61. The summed E-state index contributed by atoms with van der Waals surface area (Å²) >= 11 is 6.00. The van der Waals surface area contributed by atoms with Gasteiger partial charge in [0.05, 0.1) is 6.04 Å². The fraction of sp³-hybridized carbons (Fsp3) is 0.238. The molecule has 0 aliphatic carbocycles. The second-order valence-corrected chi connectivity index (χ2v) is 6.67. The van der Waals surface area contributed by atoms with E-state index in [-0.39, 0.29) is 11.7 Å². The van der Waals surface area contributed by atoms with Gasteiger partial charge < -0.3 is 10.4 Å². The van der Waals surface area contributed by atoms with Crippen molar-refractivity contribution in [2.45, 2.75) is 32.2 Å². The molecule has 0 spiro atoms. The van der Waals surface area contributed by atoms with Crippen LogP contribution in [0.3, 0.4) is 0 Å². The number of aromatic nitrogens is 1. The van der Waals surface area contributed by atoms with E-state index in [1.165, 1.54) is 0 Å². The molecule has 0 radical (unpaired) electrons. The minimum absolute atomic E-state index is 0.0488. The lowest BCUT2D eigenvalue weighted by Crippen LogP contribution is -2.29. The number of phenols is 1. The second-order valence-electron chi connectivity index (χ2n) is 6.23. The molecule has 5 heteroatoms. The summed E-state index contributed by atoms with van der Waals surface area (Å²) in [4.78, 5) is 16.6. The highest BCUT2D eigenvalue weighted by atomic mass is 35.5. The van der Waals surface area contributed by atoms with Crippen LogP contribution in [0, 0.1) is 0 Å². The van der Waals surface area contributed by atoms with Crippen LogP contribution in [0.2, 0.25) is 5.02 Å². The number of rotatable bonds is 6. The van der Waals surface area contributed by atoms with E-state index in [0.29, 0.717) is 22.5 Å². The average Bonchev–Trinajstić information content (AvgIpc) is 2.66. The summed E-state index contributed by atoms with van der Waals surface area (Å²) in [6.45, 7) is 2.05. The second kappa shape index (κ2) is 8.19. The Labute approximate surface area is 157 Å².